The molecule has 0 aliphatic carbocycles. The molecule has 1 amide bonds. The van der Waals surface area contributed by atoms with Gasteiger partial charge in [0.2, 0.25) is 11.7 Å². The Balaban J connectivity index is 0.000000572. The highest BCUT2D eigenvalue weighted by atomic mass is 79.9. The minimum atomic E-state index is -5.08. The van der Waals surface area contributed by atoms with Crippen molar-refractivity contribution in [2.75, 3.05) is 0 Å². The number of rotatable bonds is 6. The SMILES string of the molecule is Cc1nc(OCc2ccc(F)cc2F)c(Br)c(=O)n1Cc1ccnc(C(N)=O)n1.O=C(O)C(F)(F)F. The molecule has 0 aliphatic rings. The number of primary amides is 1. The number of aromatic nitrogens is 4. The standard InChI is InChI=1S/C18H14BrF2N5O3.C2HF3O2/c1-9-24-17(29-8-10-2-3-11(20)6-13(10)21)14(19)18(28)26(9)7-12-4-5-23-16(25-12)15(22)27;3-2(4,5)1(6)7/h2-6H,7-8H2,1H3,(H2,22,27);(H,6,7). The van der Waals surface area contributed by atoms with Gasteiger partial charge in [-0.1, -0.05) is 0 Å². The number of carbonyl (C=O) groups excluding carboxylic acids is 1. The number of nitrogens with two attached hydrogens (primary N) is 1. The molecule has 192 valence electrons. The molecule has 0 bridgehead atoms. The van der Waals surface area contributed by atoms with Gasteiger partial charge in [0.15, 0.2) is 0 Å². The first-order chi connectivity index (χ1) is 16.7. The third-order valence-corrected chi connectivity index (χ3v) is 4.83. The zero-order chi connectivity index (χ0) is 27.2. The number of carbonyl (C=O) groups is 2. The summed E-state index contributed by atoms with van der Waals surface area (Å²) in [5.74, 6) is -4.91. The Morgan fingerprint density at radius 3 is 2.39 bits per heavy atom. The lowest BCUT2D eigenvalue weighted by Gasteiger charge is -2.13. The Morgan fingerprint density at radius 1 is 1.19 bits per heavy atom. The molecule has 2 aromatic heterocycles. The van der Waals surface area contributed by atoms with E-state index in [0.29, 0.717) is 11.5 Å². The highest BCUT2D eigenvalue weighted by Crippen LogP contribution is 2.21. The van der Waals surface area contributed by atoms with Gasteiger partial charge in [-0.05, 0) is 41.1 Å². The number of amides is 1. The van der Waals surface area contributed by atoms with Crippen LogP contribution in [0.2, 0.25) is 0 Å². The summed E-state index contributed by atoms with van der Waals surface area (Å²) >= 11 is 3.14. The van der Waals surface area contributed by atoms with Crippen LogP contribution in [0.15, 0.2) is 39.7 Å². The summed E-state index contributed by atoms with van der Waals surface area (Å²) in [5, 5.41) is 7.12. The first kappa shape index (κ1) is 28.3. The third kappa shape index (κ3) is 7.53. The molecule has 1 aromatic carbocycles. The Morgan fingerprint density at radius 2 is 1.83 bits per heavy atom. The number of alkyl halides is 3. The Bertz CT molecular complexity index is 1350. The summed E-state index contributed by atoms with van der Waals surface area (Å²) in [4.78, 5) is 44.8. The number of halogens is 6. The van der Waals surface area contributed by atoms with E-state index in [1.54, 1.807) is 6.92 Å². The number of ether oxygens (including phenoxy) is 1. The van der Waals surface area contributed by atoms with E-state index in [0.717, 1.165) is 12.1 Å². The van der Waals surface area contributed by atoms with Gasteiger partial charge in [0.1, 0.15) is 28.5 Å². The number of hydrogen-bond donors (Lipinski definition) is 2. The first-order valence-corrected chi connectivity index (χ1v) is 10.3. The van der Waals surface area contributed by atoms with Crippen molar-refractivity contribution >= 4 is 27.8 Å². The van der Waals surface area contributed by atoms with Gasteiger partial charge in [0.05, 0.1) is 12.2 Å². The topological polar surface area (TPSA) is 150 Å². The summed E-state index contributed by atoms with van der Waals surface area (Å²) in [7, 11) is 0. The number of nitrogens with zero attached hydrogens (tertiary/aromatic N) is 4. The highest BCUT2D eigenvalue weighted by molar-refractivity contribution is 9.10. The summed E-state index contributed by atoms with van der Waals surface area (Å²) in [6, 6.07) is 4.63. The molecule has 0 fully saturated rings. The maximum absolute atomic E-state index is 13.7. The lowest BCUT2D eigenvalue weighted by atomic mass is 10.2. The average Bonchev–Trinajstić information content (AvgIpc) is 2.79. The number of carboxylic acids is 1. The molecule has 3 rings (SSSR count). The van der Waals surface area contributed by atoms with Crippen LogP contribution in [0.25, 0.3) is 0 Å². The second-order valence-corrected chi connectivity index (χ2v) is 7.53. The van der Waals surface area contributed by atoms with E-state index >= 15 is 0 Å². The summed E-state index contributed by atoms with van der Waals surface area (Å²) < 4.78 is 65.2. The van der Waals surface area contributed by atoms with Gasteiger partial charge < -0.3 is 15.6 Å². The fraction of sp³-hybridized carbons (Fsp3) is 0.200. The number of benzene rings is 1. The van der Waals surface area contributed by atoms with Crippen molar-refractivity contribution < 1.29 is 41.4 Å². The number of aryl methyl sites for hydroxylation is 1. The molecule has 0 atom stereocenters. The van der Waals surface area contributed by atoms with E-state index in [1.807, 2.05) is 0 Å². The van der Waals surface area contributed by atoms with Crippen molar-refractivity contribution in [3.63, 3.8) is 0 Å². The maximum Gasteiger partial charge on any atom is 0.490 e. The van der Waals surface area contributed by atoms with Crippen molar-refractivity contribution in [1.29, 1.82) is 0 Å². The van der Waals surface area contributed by atoms with Gasteiger partial charge in [-0.3, -0.25) is 14.2 Å². The maximum atomic E-state index is 13.7. The zero-order valence-corrected chi connectivity index (χ0v) is 19.6. The van der Waals surface area contributed by atoms with Crippen LogP contribution < -0.4 is 16.0 Å². The largest absolute Gasteiger partial charge is 0.490 e. The molecule has 36 heavy (non-hydrogen) atoms. The Kier molecular flexibility index (Phi) is 9.16. The van der Waals surface area contributed by atoms with Crippen molar-refractivity contribution in [3.8, 4) is 5.88 Å². The molecule has 16 heteroatoms. The average molecular weight is 580 g/mol. The molecular weight excluding hydrogens is 565 g/mol. The van der Waals surface area contributed by atoms with Crippen LogP contribution in [-0.4, -0.2) is 42.7 Å². The van der Waals surface area contributed by atoms with E-state index in [9.17, 15) is 31.5 Å². The van der Waals surface area contributed by atoms with Crippen LogP contribution in [0.1, 0.15) is 27.7 Å². The van der Waals surface area contributed by atoms with Crippen LogP contribution in [0.3, 0.4) is 0 Å². The second kappa shape index (κ2) is 11.7. The van der Waals surface area contributed by atoms with E-state index in [1.165, 1.54) is 22.9 Å². The molecule has 0 aliphatic heterocycles. The quantitative estimate of drug-likeness (QED) is 0.423. The molecule has 3 N–H and O–H groups in total. The Hall–Kier alpha value is -3.95. The van der Waals surface area contributed by atoms with Gasteiger partial charge >= 0.3 is 12.1 Å². The molecule has 0 unspecified atom stereocenters. The lowest BCUT2D eigenvalue weighted by Crippen LogP contribution is -2.26. The molecule has 10 nitrogen and oxygen atoms in total. The molecule has 3 aromatic rings. The molecular formula is C20H15BrF5N5O5. The van der Waals surface area contributed by atoms with Crippen LogP contribution in [-0.2, 0) is 17.9 Å². The molecule has 0 saturated carbocycles. The second-order valence-electron chi connectivity index (χ2n) is 6.73. The molecule has 0 radical (unpaired) electrons. The fourth-order valence-electron chi connectivity index (χ4n) is 2.44. The van der Waals surface area contributed by atoms with E-state index in [2.05, 4.69) is 30.9 Å². The molecule has 0 saturated heterocycles. The number of aliphatic carboxylic acids is 1. The number of carboxylic acid groups (broad SMARTS) is 1. The summed E-state index contributed by atoms with van der Waals surface area (Å²) in [5.41, 5.74) is 5.19. The lowest BCUT2D eigenvalue weighted by molar-refractivity contribution is -0.192. The van der Waals surface area contributed by atoms with Gasteiger partial charge in [0.25, 0.3) is 11.5 Å². The minimum absolute atomic E-state index is 0.0198. The van der Waals surface area contributed by atoms with Crippen molar-refractivity contribution in [1.82, 2.24) is 19.5 Å². The molecule has 0 spiro atoms. The molecule has 2 heterocycles. The van der Waals surface area contributed by atoms with E-state index < -0.39 is 35.2 Å². The van der Waals surface area contributed by atoms with Crippen LogP contribution in [0, 0.1) is 18.6 Å². The van der Waals surface area contributed by atoms with Gasteiger partial charge in [-0.25, -0.2) is 23.5 Å². The Labute approximate surface area is 206 Å². The van der Waals surface area contributed by atoms with Gasteiger partial charge in [-0.15, -0.1) is 0 Å². The normalized spacial score (nSPS) is 10.9. The first-order valence-electron chi connectivity index (χ1n) is 9.46. The van der Waals surface area contributed by atoms with Crippen molar-refractivity contribution in [3.05, 3.63) is 79.8 Å². The van der Waals surface area contributed by atoms with Crippen LogP contribution in [0.4, 0.5) is 22.0 Å². The van der Waals surface area contributed by atoms with Crippen molar-refractivity contribution in [2.45, 2.75) is 26.3 Å². The smallest absolute Gasteiger partial charge is 0.475 e. The zero-order valence-electron chi connectivity index (χ0n) is 18.0. The summed E-state index contributed by atoms with van der Waals surface area (Å²) in [6.45, 7) is 1.36. The predicted octanol–water partition coefficient (Wildman–Crippen LogP) is 2.74. The number of hydrogen-bond acceptors (Lipinski definition) is 7. The van der Waals surface area contributed by atoms with E-state index in [4.69, 9.17) is 20.4 Å². The van der Waals surface area contributed by atoms with Crippen molar-refractivity contribution in [2.24, 2.45) is 5.73 Å². The van der Waals surface area contributed by atoms with E-state index in [-0.39, 0.29) is 34.9 Å². The predicted molar refractivity (Wildman–Crippen MR) is 115 cm³/mol. The van der Waals surface area contributed by atoms with Gasteiger partial charge in [-0.2, -0.15) is 18.2 Å². The van der Waals surface area contributed by atoms with Crippen LogP contribution >= 0.6 is 15.9 Å². The monoisotopic (exact) mass is 579 g/mol. The van der Waals surface area contributed by atoms with Gasteiger partial charge in [0, 0.05) is 17.8 Å². The minimum Gasteiger partial charge on any atom is -0.475 e. The summed E-state index contributed by atoms with van der Waals surface area (Å²) in [6.07, 6.45) is -3.72. The highest BCUT2D eigenvalue weighted by Gasteiger charge is 2.38. The van der Waals surface area contributed by atoms with Crippen LogP contribution in [0.5, 0.6) is 5.88 Å². The fourth-order valence-corrected chi connectivity index (χ4v) is 2.86. The third-order valence-electron chi connectivity index (χ3n) is 4.15.